The summed E-state index contributed by atoms with van der Waals surface area (Å²) in [5, 5.41) is 4.94. The molecule has 29 heavy (non-hydrogen) atoms. The van der Waals surface area contributed by atoms with Crippen molar-refractivity contribution in [2.45, 2.75) is 26.3 Å². The standard InChI is InChI=1S/C23H29ClN4O/c1-18(2)20-9-7-19(8-10-20)15-25-26-23(29)17-28-13-11-27(12-14-28)16-21-5-3-4-6-22(21)24/h3-10,15,18H,11-14,16-17H2,1-2H3,(H,26,29)/p+2/b25-15-. The molecule has 0 atom stereocenters. The van der Waals surface area contributed by atoms with E-state index in [1.807, 2.05) is 30.3 Å². The van der Waals surface area contributed by atoms with Crippen LogP contribution >= 0.6 is 11.6 Å². The van der Waals surface area contributed by atoms with Gasteiger partial charge in [0, 0.05) is 10.6 Å². The molecule has 1 fully saturated rings. The molecule has 1 heterocycles. The number of hydrogen-bond donors (Lipinski definition) is 3. The maximum absolute atomic E-state index is 12.2. The third kappa shape index (κ3) is 6.67. The third-order valence-corrected chi connectivity index (χ3v) is 5.85. The van der Waals surface area contributed by atoms with Gasteiger partial charge in [-0.2, -0.15) is 5.10 Å². The Morgan fingerprint density at radius 2 is 1.72 bits per heavy atom. The Labute approximate surface area is 178 Å². The van der Waals surface area contributed by atoms with E-state index in [-0.39, 0.29) is 5.91 Å². The lowest BCUT2D eigenvalue weighted by Gasteiger charge is -2.29. The van der Waals surface area contributed by atoms with Gasteiger partial charge in [0.1, 0.15) is 32.7 Å². The maximum Gasteiger partial charge on any atom is 0.295 e. The molecule has 1 aliphatic heterocycles. The lowest BCUT2D eigenvalue weighted by Crippen LogP contribution is -3.28. The molecular weight excluding hydrogens is 384 g/mol. The highest BCUT2D eigenvalue weighted by Crippen LogP contribution is 2.14. The highest BCUT2D eigenvalue weighted by molar-refractivity contribution is 6.31. The van der Waals surface area contributed by atoms with E-state index in [4.69, 9.17) is 11.6 Å². The van der Waals surface area contributed by atoms with Gasteiger partial charge >= 0.3 is 0 Å². The number of rotatable bonds is 7. The predicted octanol–water partition coefficient (Wildman–Crippen LogP) is 0.897. The minimum absolute atomic E-state index is 0.0374. The molecule has 6 heteroatoms. The summed E-state index contributed by atoms with van der Waals surface area (Å²) in [5.74, 6) is 0.472. The van der Waals surface area contributed by atoms with Crippen molar-refractivity contribution in [2.24, 2.45) is 5.10 Å². The lowest BCUT2D eigenvalue weighted by atomic mass is 10.0. The van der Waals surface area contributed by atoms with Crippen LogP contribution in [0.3, 0.4) is 0 Å². The second-order valence-electron chi connectivity index (χ2n) is 8.06. The van der Waals surface area contributed by atoms with Gasteiger partial charge in [0.15, 0.2) is 6.54 Å². The number of hydrogen-bond acceptors (Lipinski definition) is 2. The normalized spacial score (nSPS) is 19.6. The van der Waals surface area contributed by atoms with Gasteiger partial charge in [-0.15, -0.1) is 0 Å². The molecule has 1 saturated heterocycles. The first kappa shape index (κ1) is 21.5. The summed E-state index contributed by atoms with van der Waals surface area (Å²) in [6.45, 7) is 9.79. The maximum atomic E-state index is 12.2. The summed E-state index contributed by atoms with van der Waals surface area (Å²) in [7, 11) is 0. The Bertz CT molecular complexity index is 827. The highest BCUT2D eigenvalue weighted by Gasteiger charge is 2.25. The van der Waals surface area contributed by atoms with Crippen molar-refractivity contribution in [2.75, 3.05) is 32.7 Å². The van der Waals surface area contributed by atoms with Crippen LogP contribution in [0.1, 0.15) is 36.5 Å². The smallest absolute Gasteiger partial charge is 0.295 e. The number of carbonyl (C=O) groups excluding carboxylic acids is 1. The van der Waals surface area contributed by atoms with Crippen molar-refractivity contribution in [1.29, 1.82) is 0 Å². The highest BCUT2D eigenvalue weighted by atomic mass is 35.5. The Morgan fingerprint density at radius 1 is 1.07 bits per heavy atom. The van der Waals surface area contributed by atoms with Gasteiger partial charge in [0.2, 0.25) is 0 Å². The summed E-state index contributed by atoms with van der Waals surface area (Å²) < 4.78 is 0. The SMILES string of the molecule is CC(C)c1ccc(/C=N\NC(=O)C[NH+]2CC[NH+](Cc3ccccc3Cl)CC2)cc1. The molecule has 0 radical (unpaired) electrons. The first-order valence-corrected chi connectivity index (χ1v) is 10.7. The molecule has 0 spiro atoms. The van der Waals surface area contributed by atoms with Crippen LogP contribution in [0.2, 0.25) is 5.02 Å². The average Bonchev–Trinajstić information content (AvgIpc) is 2.71. The van der Waals surface area contributed by atoms with E-state index in [2.05, 4.69) is 42.6 Å². The summed E-state index contributed by atoms with van der Waals surface area (Å²) in [6.07, 6.45) is 1.70. The van der Waals surface area contributed by atoms with Crippen LogP contribution in [0.25, 0.3) is 0 Å². The van der Waals surface area contributed by atoms with Gasteiger partial charge < -0.3 is 9.80 Å². The van der Waals surface area contributed by atoms with Crippen molar-refractivity contribution in [1.82, 2.24) is 5.43 Å². The molecule has 5 nitrogen and oxygen atoms in total. The number of carbonyl (C=O) groups is 1. The number of quaternary nitrogens is 2. The zero-order valence-electron chi connectivity index (χ0n) is 17.2. The number of amides is 1. The van der Waals surface area contributed by atoms with Crippen LogP contribution < -0.4 is 15.2 Å². The number of benzene rings is 2. The summed E-state index contributed by atoms with van der Waals surface area (Å²) in [4.78, 5) is 15.0. The number of piperazine rings is 1. The van der Waals surface area contributed by atoms with Crippen molar-refractivity contribution in [3.8, 4) is 0 Å². The largest absolute Gasteiger partial charge is 0.322 e. The van der Waals surface area contributed by atoms with Gasteiger partial charge in [-0.3, -0.25) is 4.79 Å². The number of nitrogens with one attached hydrogen (secondary N) is 3. The second kappa shape index (κ2) is 10.5. The zero-order chi connectivity index (χ0) is 20.6. The van der Waals surface area contributed by atoms with Crippen molar-refractivity contribution < 1.29 is 14.6 Å². The van der Waals surface area contributed by atoms with Crippen LogP contribution in [0.4, 0.5) is 0 Å². The molecule has 154 valence electrons. The number of hydrazone groups is 1. The first-order chi connectivity index (χ1) is 14.0. The molecule has 0 aromatic heterocycles. The summed E-state index contributed by atoms with van der Waals surface area (Å²) in [5.41, 5.74) is 6.14. The van der Waals surface area contributed by atoms with Crippen molar-refractivity contribution in [3.05, 3.63) is 70.2 Å². The van der Waals surface area contributed by atoms with Crippen LogP contribution in [0.15, 0.2) is 53.6 Å². The molecular formula is C23H31ClN4O+2. The van der Waals surface area contributed by atoms with E-state index in [9.17, 15) is 4.79 Å². The number of halogens is 1. The fourth-order valence-corrected chi connectivity index (χ4v) is 3.84. The molecule has 3 rings (SSSR count). The van der Waals surface area contributed by atoms with Crippen LogP contribution in [0.5, 0.6) is 0 Å². The van der Waals surface area contributed by atoms with E-state index in [0.29, 0.717) is 12.5 Å². The molecule has 0 saturated carbocycles. The van der Waals surface area contributed by atoms with Crippen LogP contribution in [0, 0.1) is 0 Å². The summed E-state index contributed by atoms with van der Waals surface area (Å²) in [6, 6.07) is 16.3. The molecule has 1 amide bonds. The minimum atomic E-state index is -0.0374. The lowest BCUT2D eigenvalue weighted by molar-refractivity contribution is -1.02. The van der Waals surface area contributed by atoms with Crippen LogP contribution in [-0.4, -0.2) is 44.8 Å². The van der Waals surface area contributed by atoms with Gasteiger partial charge in [-0.05, 0) is 23.1 Å². The minimum Gasteiger partial charge on any atom is -0.322 e. The Morgan fingerprint density at radius 3 is 2.38 bits per heavy atom. The molecule has 1 aliphatic rings. The van der Waals surface area contributed by atoms with Crippen LogP contribution in [-0.2, 0) is 11.3 Å². The fraction of sp³-hybridized carbons (Fsp3) is 0.391. The second-order valence-corrected chi connectivity index (χ2v) is 8.47. The van der Waals surface area contributed by atoms with Crippen molar-refractivity contribution in [3.63, 3.8) is 0 Å². The zero-order valence-corrected chi connectivity index (χ0v) is 18.0. The molecule has 0 bridgehead atoms. The van der Waals surface area contributed by atoms with E-state index in [0.717, 1.165) is 43.3 Å². The monoisotopic (exact) mass is 414 g/mol. The third-order valence-electron chi connectivity index (χ3n) is 5.48. The Kier molecular flexibility index (Phi) is 7.81. The van der Waals surface area contributed by atoms with E-state index >= 15 is 0 Å². The van der Waals surface area contributed by atoms with Gasteiger partial charge in [-0.25, -0.2) is 5.43 Å². The average molecular weight is 415 g/mol. The van der Waals surface area contributed by atoms with E-state index < -0.39 is 0 Å². The molecule has 3 N–H and O–H groups in total. The molecule has 0 unspecified atom stereocenters. The molecule has 2 aromatic carbocycles. The van der Waals surface area contributed by atoms with Gasteiger partial charge in [0.05, 0.1) is 6.21 Å². The molecule has 0 aliphatic carbocycles. The Balaban J connectivity index is 1.39. The molecule has 2 aromatic rings. The van der Waals surface area contributed by atoms with E-state index in [1.165, 1.54) is 20.9 Å². The fourth-order valence-electron chi connectivity index (χ4n) is 3.63. The Hall–Kier alpha value is -2.21. The topological polar surface area (TPSA) is 50.3 Å². The first-order valence-electron chi connectivity index (χ1n) is 10.3. The van der Waals surface area contributed by atoms with Gasteiger partial charge in [0.25, 0.3) is 5.91 Å². The quantitative estimate of drug-likeness (QED) is 0.457. The predicted molar refractivity (Wildman–Crippen MR) is 118 cm³/mol. The van der Waals surface area contributed by atoms with E-state index in [1.54, 1.807) is 6.21 Å². The van der Waals surface area contributed by atoms with Gasteiger partial charge in [-0.1, -0.05) is 67.9 Å². The summed E-state index contributed by atoms with van der Waals surface area (Å²) >= 11 is 6.27. The van der Waals surface area contributed by atoms with Crippen molar-refractivity contribution >= 4 is 23.7 Å². The number of nitrogens with zero attached hydrogens (tertiary/aromatic N) is 1.